The minimum Gasteiger partial charge on any atom is -0.487 e. The van der Waals surface area contributed by atoms with Gasteiger partial charge in [-0.15, -0.1) is 0 Å². The highest BCUT2D eigenvalue weighted by molar-refractivity contribution is 5.90. The number of carbonyl (C=O) groups excluding carboxylic acids is 1. The average molecular weight is 390 g/mol. The molecule has 1 aliphatic rings. The number of amides is 1. The average Bonchev–Trinajstić information content (AvgIpc) is 2.68. The molecule has 0 aliphatic carbocycles. The Morgan fingerprint density at radius 1 is 1.07 bits per heavy atom. The van der Waals surface area contributed by atoms with Crippen LogP contribution in [0.1, 0.15) is 12.5 Å². The molecule has 0 atom stereocenters. The monoisotopic (exact) mass is 390 g/mol. The summed E-state index contributed by atoms with van der Waals surface area (Å²) in [4.78, 5) is 26.4. The molecule has 1 amide bonds. The fraction of sp³-hybridized carbons (Fsp3) is 0.238. The minimum absolute atomic E-state index is 0.113. The summed E-state index contributed by atoms with van der Waals surface area (Å²) in [5.74, 6) is 1.80. The molecule has 0 unspecified atom stereocenters. The third-order valence-electron chi connectivity index (χ3n) is 4.63. The summed E-state index contributed by atoms with van der Waals surface area (Å²) in [7, 11) is 0. The van der Waals surface area contributed by atoms with E-state index >= 15 is 0 Å². The highest BCUT2D eigenvalue weighted by atomic mass is 16.5. The third-order valence-corrected chi connectivity index (χ3v) is 4.63. The molecular weight excluding hydrogens is 368 g/mol. The highest BCUT2D eigenvalue weighted by Crippen LogP contribution is 2.26. The molecule has 1 aromatic heterocycles. The Hall–Kier alpha value is -3.68. The van der Waals surface area contributed by atoms with E-state index < -0.39 is 0 Å². The zero-order valence-electron chi connectivity index (χ0n) is 16.3. The third kappa shape index (κ3) is 4.43. The Morgan fingerprint density at radius 3 is 2.59 bits per heavy atom. The van der Waals surface area contributed by atoms with Gasteiger partial charge in [-0.3, -0.25) is 4.79 Å². The first-order chi connectivity index (χ1) is 14.1. The van der Waals surface area contributed by atoms with Crippen molar-refractivity contribution >= 4 is 29.2 Å². The Kier molecular flexibility index (Phi) is 5.24. The fourth-order valence-corrected chi connectivity index (χ4v) is 3.08. The molecule has 2 aromatic carbocycles. The van der Waals surface area contributed by atoms with Crippen molar-refractivity contribution in [3.8, 4) is 5.75 Å². The van der Waals surface area contributed by atoms with E-state index in [4.69, 9.17) is 4.74 Å². The first kappa shape index (κ1) is 18.7. The van der Waals surface area contributed by atoms with Crippen molar-refractivity contribution in [1.29, 1.82) is 0 Å². The van der Waals surface area contributed by atoms with Crippen LogP contribution in [-0.2, 0) is 4.79 Å². The van der Waals surface area contributed by atoms with Crippen LogP contribution >= 0.6 is 0 Å². The van der Waals surface area contributed by atoms with Gasteiger partial charge in [0.25, 0.3) is 0 Å². The van der Waals surface area contributed by atoms with Crippen LogP contribution in [0.3, 0.4) is 0 Å². The number of benzene rings is 2. The van der Waals surface area contributed by atoms with Crippen molar-refractivity contribution in [2.75, 3.05) is 28.6 Å². The molecule has 29 heavy (non-hydrogen) atoms. The number of nitrogens with one attached hydrogen (secondary N) is 2. The van der Waals surface area contributed by atoms with E-state index in [0.717, 1.165) is 35.8 Å². The van der Waals surface area contributed by atoms with Crippen molar-refractivity contribution in [2.24, 2.45) is 0 Å². The lowest BCUT2D eigenvalue weighted by molar-refractivity contribution is -0.114. The molecule has 1 fully saturated rings. The van der Waals surface area contributed by atoms with Crippen LogP contribution in [0.2, 0.25) is 0 Å². The number of ether oxygens (including phenoxy) is 1. The topological polar surface area (TPSA) is 92.3 Å². The second-order valence-electron chi connectivity index (χ2n) is 6.85. The predicted octanol–water partition coefficient (Wildman–Crippen LogP) is 3.15. The van der Waals surface area contributed by atoms with Gasteiger partial charge in [-0.25, -0.2) is 9.97 Å². The van der Waals surface area contributed by atoms with E-state index in [1.54, 1.807) is 0 Å². The van der Waals surface area contributed by atoms with E-state index in [9.17, 15) is 4.79 Å². The SMILES string of the molecule is CC(=O)Nc1cccc(Nc2ncnc(N3CC(Oc4ccccc4)C3)n2)c1C. The van der Waals surface area contributed by atoms with Crippen LogP contribution < -0.4 is 20.3 Å². The summed E-state index contributed by atoms with van der Waals surface area (Å²) < 4.78 is 5.93. The molecule has 1 aliphatic heterocycles. The Bertz CT molecular complexity index is 1010. The van der Waals surface area contributed by atoms with Gasteiger partial charge in [0.05, 0.1) is 13.1 Å². The van der Waals surface area contributed by atoms with Crippen molar-refractivity contribution in [1.82, 2.24) is 15.0 Å². The van der Waals surface area contributed by atoms with Crippen LogP contribution in [0, 0.1) is 6.92 Å². The molecular formula is C21H22N6O2. The standard InChI is InChI=1S/C21H22N6O2/c1-14-18(24-15(2)28)9-6-10-19(14)25-20-22-13-23-21(26-20)27-11-17(12-27)29-16-7-4-3-5-8-16/h3-10,13,17H,11-12H2,1-2H3,(H,24,28)(H,22,23,25,26). The number of nitrogens with zero attached hydrogens (tertiary/aromatic N) is 4. The van der Waals surface area contributed by atoms with Gasteiger partial charge >= 0.3 is 0 Å². The van der Waals surface area contributed by atoms with Gasteiger partial charge in [0.2, 0.25) is 17.8 Å². The molecule has 2 N–H and O–H groups in total. The summed E-state index contributed by atoms with van der Waals surface area (Å²) in [5.41, 5.74) is 2.48. The minimum atomic E-state index is -0.113. The maximum absolute atomic E-state index is 11.4. The Balaban J connectivity index is 1.41. The number of anilines is 4. The van der Waals surface area contributed by atoms with E-state index in [1.807, 2.05) is 60.4 Å². The number of hydrogen-bond donors (Lipinski definition) is 2. The Labute approximate surface area is 169 Å². The number of para-hydroxylation sites is 1. The van der Waals surface area contributed by atoms with Crippen LogP contribution in [0.15, 0.2) is 54.9 Å². The zero-order chi connectivity index (χ0) is 20.2. The number of carbonyl (C=O) groups is 1. The van der Waals surface area contributed by atoms with Gasteiger partial charge in [-0.1, -0.05) is 24.3 Å². The molecule has 8 nitrogen and oxygen atoms in total. The molecule has 0 spiro atoms. The van der Waals surface area contributed by atoms with Gasteiger partial charge in [-0.2, -0.15) is 4.98 Å². The quantitative estimate of drug-likeness (QED) is 0.668. The van der Waals surface area contributed by atoms with Gasteiger partial charge < -0.3 is 20.3 Å². The summed E-state index contributed by atoms with van der Waals surface area (Å²) in [6.07, 6.45) is 1.60. The summed E-state index contributed by atoms with van der Waals surface area (Å²) in [5, 5.41) is 6.03. The van der Waals surface area contributed by atoms with Crippen LogP contribution in [0.5, 0.6) is 5.75 Å². The van der Waals surface area contributed by atoms with Crippen molar-refractivity contribution in [2.45, 2.75) is 20.0 Å². The fourth-order valence-electron chi connectivity index (χ4n) is 3.08. The number of rotatable bonds is 6. The van der Waals surface area contributed by atoms with Crippen molar-refractivity contribution in [3.63, 3.8) is 0 Å². The first-order valence-electron chi connectivity index (χ1n) is 9.38. The zero-order valence-corrected chi connectivity index (χ0v) is 16.3. The van der Waals surface area contributed by atoms with E-state index in [-0.39, 0.29) is 12.0 Å². The maximum atomic E-state index is 11.4. The summed E-state index contributed by atoms with van der Waals surface area (Å²) in [6.45, 7) is 4.85. The van der Waals surface area contributed by atoms with E-state index in [0.29, 0.717) is 11.9 Å². The van der Waals surface area contributed by atoms with Crippen molar-refractivity contribution < 1.29 is 9.53 Å². The van der Waals surface area contributed by atoms with Gasteiger partial charge in [0.15, 0.2) is 0 Å². The van der Waals surface area contributed by atoms with Crippen molar-refractivity contribution in [3.05, 3.63) is 60.4 Å². The smallest absolute Gasteiger partial charge is 0.232 e. The van der Waals surface area contributed by atoms with Crippen LogP contribution in [0.4, 0.5) is 23.3 Å². The molecule has 8 heteroatoms. The lowest BCUT2D eigenvalue weighted by atomic mass is 10.1. The number of hydrogen-bond acceptors (Lipinski definition) is 7. The number of aromatic nitrogens is 3. The van der Waals surface area contributed by atoms with E-state index in [2.05, 4.69) is 25.6 Å². The van der Waals surface area contributed by atoms with E-state index in [1.165, 1.54) is 13.3 Å². The molecule has 0 saturated carbocycles. The molecule has 1 saturated heterocycles. The first-order valence-corrected chi connectivity index (χ1v) is 9.38. The Morgan fingerprint density at radius 2 is 1.83 bits per heavy atom. The molecule has 4 rings (SSSR count). The van der Waals surface area contributed by atoms with Crippen LogP contribution in [-0.4, -0.2) is 40.1 Å². The maximum Gasteiger partial charge on any atom is 0.232 e. The summed E-state index contributed by atoms with van der Waals surface area (Å²) in [6, 6.07) is 15.4. The highest BCUT2D eigenvalue weighted by Gasteiger charge is 2.30. The largest absolute Gasteiger partial charge is 0.487 e. The lowest BCUT2D eigenvalue weighted by Crippen LogP contribution is -2.54. The second kappa shape index (κ2) is 8.14. The molecule has 3 aromatic rings. The molecule has 148 valence electrons. The van der Waals surface area contributed by atoms with Gasteiger partial charge in [-0.05, 0) is 36.8 Å². The van der Waals surface area contributed by atoms with Gasteiger partial charge in [0, 0.05) is 18.3 Å². The normalized spacial score (nSPS) is 13.5. The lowest BCUT2D eigenvalue weighted by Gasteiger charge is -2.38. The molecule has 0 bridgehead atoms. The predicted molar refractivity (Wildman–Crippen MR) is 112 cm³/mol. The molecule has 0 radical (unpaired) electrons. The summed E-state index contributed by atoms with van der Waals surface area (Å²) >= 11 is 0. The van der Waals surface area contributed by atoms with Crippen LogP contribution in [0.25, 0.3) is 0 Å². The second-order valence-corrected chi connectivity index (χ2v) is 6.85. The molecule has 2 heterocycles. The van der Waals surface area contributed by atoms with Gasteiger partial charge in [0.1, 0.15) is 18.2 Å².